The number of benzene rings is 2. The van der Waals surface area contributed by atoms with E-state index in [1.165, 1.54) is 16.7 Å². The second-order valence-corrected chi connectivity index (χ2v) is 5.95. The van der Waals surface area contributed by atoms with E-state index in [0.717, 1.165) is 42.0 Å². The van der Waals surface area contributed by atoms with Gasteiger partial charge < -0.3 is 10.1 Å². The van der Waals surface area contributed by atoms with Gasteiger partial charge in [-0.15, -0.1) is 0 Å². The number of rotatable bonds is 2. The van der Waals surface area contributed by atoms with Crippen LogP contribution in [-0.2, 0) is 6.42 Å². The van der Waals surface area contributed by atoms with Crippen molar-refractivity contribution in [1.82, 2.24) is 0 Å². The summed E-state index contributed by atoms with van der Waals surface area (Å²) in [6, 6.07) is 14.7. The van der Waals surface area contributed by atoms with Gasteiger partial charge in [0.05, 0.1) is 12.6 Å². The third kappa shape index (κ3) is 2.03. The summed E-state index contributed by atoms with van der Waals surface area (Å²) in [6.07, 6.45) is 2.17. The summed E-state index contributed by atoms with van der Waals surface area (Å²) in [5, 5.41) is 3.58. The number of hydrogen-bond donors (Lipinski definition) is 1. The van der Waals surface area contributed by atoms with E-state index >= 15 is 0 Å². The number of ether oxygens (including phenoxy) is 1. The summed E-state index contributed by atoms with van der Waals surface area (Å²) < 4.78 is 5.68. The molecule has 0 unspecified atom stereocenters. The molecule has 2 aromatic carbocycles. The molecule has 0 bridgehead atoms. The molecule has 4 rings (SSSR count). The van der Waals surface area contributed by atoms with Crippen LogP contribution in [0.2, 0.25) is 0 Å². The molecule has 0 saturated heterocycles. The molecule has 1 aliphatic carbocycles. The predicted molar refractivity (Wildman–Crippen MR) is 92.2 cm³/mol. The maximum absolute atomic E-state index is 5.68. The van der Waals surface area contributed by atoms with Crippen molar-refractivity contribution < 1.29 is 4.74 Å². The molecule has 22 heavy (non-hydrogen) atoms. The summed E-state index contributed by atoms with van der Waals surface area (Å²) in [5.74, 6) is 1.02. The number of fused-ring (bicyclic) bond motifs is 2. The molecule has 0 radical (unpaired) electrons. The molecular formula is C20H19NO. The zero-order chi connectivity index (χ0) is 15.1. The second-order valence-electron chi connectivity index (χ2n) is 5.95. The highest BCUT2D eigenvalue weighted by molar-refractivity contribution is 5.98. The SMILES string of the molecule is C=C1c2ccccc2C(=C)C1Nc1ccc2c(c1)CCCO2. The lowest BCUT2D eigenvalue weighted by Crippen LogP contribution is -2.17. The largest absolute Gasteiger partial charge is 0.493 e. The smallest absolute Gasteiger partial charge is 0.122 e. The van der Waals surface area contributed by atoms with Crippen molar-refractivity contribution in [3.8, 4) is 5.75 Å². The Morgan fingerprint density at radius 2 is 1.73 bits per heavy atom. The van der Waals surface area contributed by atoms with Crippen molar-refractivity contribution in [1.29, 1.82) is 0 Å². The van der Waals surface area contributed by atoms with E-state index in [4.69, 9.17) is 4.74 Å². The molecule has 0 saturated carbocycles. The minimum atomic E-state index is 0.0694. The third-order valence-electron chi connectivity index (χ3n) is 4.54. The van der Waals surface area contributed by atoms with E-state index in [0.29, 0.717) is 0 Å². The Morgan fingerprint density at radius 1 is 1.00 bits per heavy atom. The summed E-state index contributed by atoms with van der Waals surface area (Å²) in [5.41, 5.74) is 6.97. The zero-order valence-corrected chi connectivity index (χ0v) is 12.6. The van der Waals surface area contributed by atoms with Gasteiger partial charge in [0.2, 0.25) is 0 Å². The average Bonchev–Trinajstić information content (AvgIpc) is 2.80. The Morgan fingerprint density at radius 3 is 2.45 bits per heavy atom. The first-order chi connectivity index (χ1) is 10.7. The minimum Gasteiger partial charge on any atom is -0.493 e. The van der Waals surface area contributed by atoms with Gasteiger partial charge in [0.1, 0.15) is 5.75 Å². The lowest BCUT2D eigenvalue weighted by molar-refractivity contribution is 0.288. The van der Waals surface area contributed by atoms with E-state index in [1.54, 1.807) is 0 Å². The highest BCUT2D eigenvalue weighted by Crippen LogP contribution is 2.40. The summed E-state index contributed by atoms with van der Waals surface area (Å²) >= 11 is 0. The van der Waals surface area contributed by atoms with E-state index in [9.17, 15) is 0 Å². The third-order valence-corrected chi connectivity index (χ3v) is 4.54. The quantitative estimate of drug-likeness (QED) is 0.877. The Labute approximate surface area is 131 Å². The van der Waals surface area contributed by atoms with Gasteiger partial charge in [-0.05, 0) is 58.9 Å². The van der Waals surface area contributed by atoms with Gasteiger partial charge in [-0.1, -0.05) is 37.4 Å². The molecule has 0 fully saturated rings. The van der Waals surface area contributed by atoms with Crippen LogP contribution in [0.25, 0.3) is 11.1 Å². The van der Waals surface area contributed by atoms with E-state index in [1.807, 2.05) is 0 Å². The summed E-state index contributed by atoms with van der Waals surface area (Å²) in [7, 11) is 0. The molecule has 0 atom stereocenters. The van der Waals surface area contributed by atoms with Crippen LogP contribution >= 0.6 is 0 Å². The van der Waals surface area contributed by atoms with Gasteiger partial charge in [-0.2, -0.15) is 0 Å². The number of aryl methyl sites for hydroxylation is 1. The van der Waals surface area contributed by atoms with Crippen molar-refractivity contribution >= 4 is 16.8 Å². The molecule has 2 aromatic rings. The Bertz CT molecular complexity index is 740. The summed E-state index contributed by atoms with van der Waals surface area (Å²) in [4.78, 5) is 0. The van der Waals surface area contributed by atoms with Crippen LogP contribution in [0.5, 0.6) is 5.75 Å². The van der Waals surface area contributed by atoms with E-state index in [-0.39, 0.29) is 6.04 Å². The maximum Gasteiger partial charge on any atom is 0.122 e. The highest BCUT2D eigenvalue weighted by Gasteiger charge is 2.28. The standard InChI is InChI=1S/C20H19NO/c1-13-17-7-3-4-8-18(17)14(2)20(13)21-16-9-10-19-15(12-16)6-5-11-22-19/h3-4,7-10,12,20-21H,1-2,5-6,11H2. The van der Waals surface area contributed by atoms with Crippen LogP contribution in [0.4, 0.5) is 5.69 Å². The van der Waals surface area contributed by atoms with Crippen LogP contribution in [0.1, 0.15) is 23.1 Å². The molecule has 1 heterocycles. The lowest BCUT2D eigenvalue weighted by atomic mass is 10.0. The number of hydrogen-bond acceptors (Lipinski definition) is 2. The Kier molecular flexibility index (Phi) is 3.04. The van der Waals surface area contributed by atoms with Crippen molar-refractivity contribution in [2.45, 2.75) is 18.9 Å². The first-order valence-corrected chi connectivity index (χ1v) is 7.73. The molecule has 2 aliphatic rings. The lowest BCUT2D eigenvalue weighted by Gasteiger charge is -2.21. The number of anilines is 1. The van der Waals surface area contributed by atoms with Gasteiger partial charge >= 0.3 is 0 Å². The molecule has 2 nitrogen and oxygen atoms in total. The molecule has 2 heteroatoms. The maximum atomic E-state index is 5.68. The normalized spacial score (nSPS) is 16.9. The van der Waals surface area contributed by atoms with Gasteiger partial charge in [-0.25, -0.2) is 0 Å². The topological polar surface area (TPSA) is 21.3 Å². The van der Waals surface area contributed by atoms with Crippen LogP contribution in [0.15, 0.2) is 55.6 Å². The fourth-order valence-electron chi connectivity index (χ4n) is 3.36. The Hall–Kier alpha value is -2.48. The molecule has 110 valence electrons. The fourth-order valence-corrected chi connectivity index (χ4v) is 3.36. The van der Waals surface area contributed by atoms with Gasteiger partial charge in [0.25, 0.3) is 0 Å². The highest BCUT2D eigenvalue weighted by atomic mass is 16.5. The molecular weight excluding hydrogens is 270 g/mol. The number of nitrogens with one attached hydrogen (secondary N) is 1. The first kappa shape index (κ1) is 13.2. The van der Waals surface area contributed by atoms with Crippen LogP contribution in [0, 0.1) is 0 Å². The van der Waals surface area contributed by atoms with Crippen molar-refractivity contribution in [2.24, 2.45) is 0 Å². The van der Waals surface area contributed by atoms with Crippen LogP contribution < -0.4 is 10.1 Å². The molecule has 1 aliphatic heterocycles. The van der Waals surface area contributed by atoms with Crippen molar-refractivity contribution in [3.05, 3.63) is 72.3 Å². The fraction of sp³-hybridized carbons (Fsp3) is 0.200. The minimum absolute atomic E-state index is 0.0694. The summed E-state index contributed by atoms with van der Waals surface area (Å²) in [6.45, 7) is 9.35. The molecule has 0 spiro atoms. The Balaban J connectivity index is 1.62. The van der Waals surface area contributed by atoms with E-state index < -0.39 is 0 Å². The van der Waals surface area contributed by atoms with Crippen molar-refractivity contribution in [3.63, 3.8) is 0 Å². The van der Waals surface area contributed by atoms with E-state index in [2.05, 4.69) is 60.9 Å². The van der Waals surface area contributed by atoms with Crippen LogP contribution in [0.3, 0.4) is 0 Å². The van der Waals surface area contributed by atoms with Crippen LogP contribution in [-0.4, -0.2) is 12.6 Å². The van der Waals surface area contributed by atoms with Crippen molar-refractivity contribution in [2.75, 3.05) is 11.9 Å². The molecule has 0 amide bonds. The monoisotopic (exact) mass is 289 g/mol. The molecule has 0 aromatic heterocycles. The van der Waals surface area contributed by atoms with Gasteiger partial charge in [0, 0.05) is 5.69 Å². The first-order valence-electron chi connectivity index (χ1n) is 7.73. The zero-order valence-electron chi connectivity index (χ0n) is 12.6. The average molecular weight is 289 g/mol. The molecule has 1 N–H and O–H groups in total. The van der Waals surface area contributed by atoms with Gasteiger partial charge in [0.15, 0.2) is 0 Å². The predicted octanol–water partition coefficient (Wildman–Crippen LogP) is 4.53. The second kappa shape index (κ2) is 5.06. The van der Waals surface area contributed by atoms with Gasteiger partial charge in [-0.3, -0.25) is 0 Å².